The molecule has 0 aliphatic rings. The minimum Gasteiger partial charge on any atom is -0.368 e. The number of rotatable bonds is 3. The maximum atomic E-state index is 5.62. The number of aromatic nitrogens is 5. The topological polar surface area (TPSA) is 90.5 Å². The van der Waals surface area contributed by atoms with Crippen LogP contribution in [-0.4, -0.2) is 30.8 Å². The van der Waals surface area contributed by atoms with E-state index in [-0.39, 0.29) is 5.95 Å². The van der Waals surface area contributed by atoms with Gasteiger partial charge in [-0.2, -0.15) is 9.97 Å². The third-order valence-electron chi connectivity index (χ3n) is 1.91. The van der Waals surface area contributed by atoms with Crippen LogP contribution in [-0.2, 0) is 6.42 Å². The van der Waals surface area contributed by atoms with Crippen molar-refractivity contribution in [3.8, 4) is 10.7 Å². The van der Waals surface area contributed by atoms with Gasteiger partial charge in [-0.15, -0.1) is 5.10 Å². The van der Waals surface area contributed by atoms with E-state index in [0.29, 0.717) is 11.0 Å². The van der Waals surface area contributed by atoms with Crippen molar-refractivity contribution < 1.29 is 0 Å². The maximum absolute atomic E-state index is 5.62. The fourth-order valence-corrected chi connectivity index (χ4v) is 2.22. The van der Waals surface area contributed by atoms with E-state index in [1.54, 1.807) is 0 Å². The number of nitrogen functional groups attached to an aromatic ring is 1. The molecule has 0 bridgehead atoms. The zero-order valence-corrected chi connectivity index (χ0v) is 10.5. The molecule has 2 heterocycles. The summed E-state index contributed by atoms with van der Waals surface area (Å²) in [5.41, 5.74) is 6.51. The first-order chi connectivity index (χ1) is 7.74. The zero-order valence-electron chi connectivity index (χ0n) is 8.84. The maximum Gasteiger partial charge on any atom is 0.224 e. The van der Waals surface area contributed by atoms with Crippen molar-refractivity contribution in [3.63, 3.8) is 0 Å². The summed E-state index contributed by atoms with van der Waals surface area (Å²) >= 11 is 2.71. The van der Waals surface area contributed by atoms with Crippen LogP contribution in [0.3, 0.4) is 0 Å². The molecule has 0 spiro atoms. The minimum absolute atomic E-state index is 0.227. The summed E-state index contributed by atoms with van der Waals surface area (Å²) in [5.74, 6) is 0.786. The number of aryl methyl sites for hydroxylation is 1. The SMILES string of the molecule is CCc1nnsc1-c1nc(N)nc(SC)n1. The van der Waals surface area contributed by atoms with Gasteiger partial charge in [0.25, 0.3) is 0 Å². The lowest BCUT2D eigenvalue weighted by atomic mass is 10.3. The fraction of sp³-hybridized carbons (Fsp3) is 0.375. The summed E-state index contributed by atoms with van der Waals surface area (Å²) in [7, 11) is 0. The number of hydrogen-bond acceptors (Lipinski definition) is 8. The molecule has 0 saturated heterocycles. The average Bonchev–Trinajstić information content (AvgIpc) is 2.76. The molecule has 0 saturated carbocycles. The normalized spacial score (nSPS) is 10.6. The Hall–Kier alpha value is -1.28. The van der Waals surface area contributed by atoms with Gasteiger partial charge in [-0.05, 0) is 24.2 Å². The van der Waals surface area contributed by atoms with Crippen molar-refractivity contribution in [2.45, 2.75) is 18.5 Å². The molecule has 0 unspecified atom stereocenters. The molecule has 6 nitrogen and oxygen atoms in total. The highest BCUT2D eigenvalue weighted by Crippen LogP contribution is 2.24. The Labute approximate surface area is 101 Å². The lowest BCUT2D eigenvalue weighted by Crippen LogP contribution is -2.01. The molecule has 0 aromatic carbocycles. The first-order valence-corrected chi connectivity index (χ1v) is 6.61. The molecule has 16 heavy (non-hydrogen) atoms. The second kappa shape index (κ2) is 4.71. The van der Waals surface area contributed by atoms with Crippen molar-refractivity contribution in [1.82, 2.24) is 24.5 Å². The molecule has 0 atom stereocenters. The van der Waals surface area contributed by atoms with Gasteiger partial charge in [-0.3, -0.25) is 0 Å². The van der Waals surface area contributed by atoms with Crippen LogP contribution in [0.25, 0.3) is 10.7 Å². The second-order valence-electron chi connectivity index (χ2n) is 2.91. The van der Waals surface area contributed by atoms with E-state index >= 15 is 0 Å². The lowest BCUT2D eigenvalue weighted by molar-refractivity contribution is 0.921. The smallest absolute Gasteiger partial charge is 0.224 e. The fourth-order valence-electron chi connectivity index (χ4n) is 1.17. The Balaban J connectivity index is 2.51. The molecule has 84 valence electrons. The van der Waals surface area contributed by atoms with E-state index in [9.17, 15) is 0 Å². The summed E-state index contributed by atoms with van der Waals surface area (Å²) in [4.78, 5) is 13.3. The molecule has 2 N–H and O–H groups in total. The molecule has 0 amide bonds. The highest BCUT2D eigenvalue weighted by Gasteiger charge is 2.13. The number of hydrogen-bond donors (Lipinski definition) is 1. The van der Waals surface area contributed by atoms with Crippen LogP contribution in [0.5, 0.6) is 0 Å². The van der Waals surface area contributed by atoms with Crippen LogP contribution in [0.15, 0.2) is 5.16 Å². The average molecular weight is 254 g/mol. The monoisotopic (exact) mass is 254 g/mol. The van der Waals surface area contributed by atoms with Crippen LogP contribution in [0.2, 0.25) is 0 Å². The van der Waals surface area contributed by atoms with Gasteiger partial charge in [-0.25, -0.2) is 4.98 Å². The van der Waals surface area contributed by atoms with Gasteiger partial charge < -0.3 is 5.73 Å². The molecule has 0 radical (unpaired) electrons. The van der Waals surface area contributed by atoms with E-state index in [1.807, 2.05) is 13.2 Å². The summed E-state index contributed by atoms with van der Waals surface area (Å²) in [5, 5.41) is 4.63. The lowest BCUT2D eigenvalue weighted by Gasteiger charge is -2.01. The number of nitrogens with two attached hydrogens (primary N) is 1. The van der Waals surface area contributed by atoms with Gasteiger partial charge in [0.15, 0.2) is 11.0 Å². The van der Waals surface area contributed by atoms with Crippen LogP contribution in [0.4, 0.5) is 5.95 Å². The third-order valence-corrected chi connectivity index (χ3v) is 3.22. The number of anilines is 1. The second-order valence-corrected chi connectivity index (χ2v) is 4.43. The van der Waals surface area contributed by atoms with E-state index in [1.165, 1.54) is 23.3 Å². The number of thioether (sulfide) groups is 1. The summed E-state index contributed by atoms with van der Waals surface area (Å²) in [6.07, 6.45) is 2.69. The van der Waals surface area contributed by atoms with Crippen LogP contribution < -0.4 is 5.73 Å². The van der Waals surface area contributed by atoms with Gasteiger partial charge in [0.1, 0.15) is 4.88 Å². The molecular formula is C8H10N6S2. The van der Waals surface area contributed by atoms with E-state index in [4.69, 9.17) is 5.73 Å². The Morgan fingerprint density at radius 1 is 1.31 bits per heavy atom. The first kappa shape index (κ1) is 11.2. The molecular weight excluding hydrogens is 244 g/mol. The largest absolute Gasteiger partial charge is 0.368 e. The predicted octanol–water partition coefficient (Wildman–Crippen LogP) is 1.26. The third kappa shape index (κ3) is 2.12. The quantitative estimate of drug-likeness (QED) is 0.824. The van der Waals surface area contributed by atoms with Gasteiger partial charge >= 0.3 is 0 Å². The molecule has 2 aromatic heterocycles. The van der Waals surface area contributed by atoms with Gasteiger partial charge in [0.05, 0.1) is 5.69 Å². The summed E-state index contributed by atoms with van der Waals surface area (Å²) in [6, 6.07) is 0. The number of nitrogens with zero attached hydrogens (tertiary/aromatic N) is 5. The standard InChI is InChI=1S/C8H10N6S2/c1-3-4-5(16-14-13-4)6-10-7(9)12-8(11-6)15-2/h3H2,1-2H3,(H2,9,10,11,12). The predicted molar refractivity (Wildman–Crippen MR) is 64.3 cm³/mol. The van der Waals surface area contributed by atoms with Crippen LogP contribution in [0.1, 0.15) is 12.6 Å². The van der Waals surface area contributed by atoms with E-state index in [0.717, 1.165) is 17.0 Å². The molecule has 2 aromatic rings. The Kier molecular flexibility index (Phi) is 3.30. The zero-order chi connectivity index (χ0) is 11.5. The van der Waals surface area contributed by atoms with Crippen molar-refractivity contribution in [3.05, 3.63) is 5.69 Å². The molecule has 0 fully saturated rings. The van der Waals surface area contributed by atoms with Gasteiger partial charge in [0.2, 0.25) is 5.95 Å². The molecule has 2 rings (SSSR count). The molecule has 8 heteroatoms. The van der Waals surface area contributed by atoms with Crippen molar-refractivity contribution in [2.75, 3.05) is 12.0 Å². The summed E-state index contributed by atoms with van der Waals surface area (Å²) < 4.78 is 3.90. The van der Waals surface area contributed by atoms with Crippen LogP contribution in [0, 0.1) is 0 Å². The van der Waals surface area contributed by atoms with Gasteiger partial charge in [-0.1, -0.05) is 23.2 Å². The van der Waals surface area contributed by atoms with E-state index < -0.39 is 0 Å². The van der Waals surface area contributed by atoms with Gasteiger partial charge in [0, 0.05) is 0 Å². The van der Waals surface area contributed by atoms with E-state index in [2.05, 4.69) is 24.5 Å². The first-order valence-electron chi connectivity index (χ1n) is 4.61. The highest BCUT2D eigenvalue weighted by molar-refractivity contribution is 7.98. The Bertz CT molecular complexity index is 497. The minimum atomic E-state index is 0.227. The highest BCUT2D eigenvalue weighted by atomic mass is 32.2. The van der Waals surface area contributed by atoms with Crippen molar-refractivity contribution >= 4 is 29.2 Å². The molecule has 0 aliphatic heterocycles. The van der Waals surface area contributed by atoms with Crippen molar-refractivity contribution in [1.29, 1.82) is 0 Å². The molecule has 0 aliphatic carbocycles. The van der Waals surface area contributed by atoms with Crippen molar-refractivity contribution in [2.24, 2.45) is 0 Å². The Morgan fingerprint density at radius 3 is 2.81 bits per heavy atom. The Morgan fingerprint density at radius 2 is 2.12 bits per heavy atom. The summed E-state index contributed by atoms with van der Waals surface area (Å²) in [6.45, 7) is 2.01. The van der Waals surface area contributed by atoms with Crippen LogP contribution >= 0.6 is 23.3 Å².